The van der Waals surface area contributed by atoms with Crippen molar-refractivity contribution in [3.63, 3.8) is 0 Å². The predicted octanol–water partition coefficient (Wildman–Crippen LogP) is -0.138. The summed E-state index contributed by atoms with van der Waals surface area (Å²) in [7, 11) is 4.07. The fraction of sp³-hybridized carbons (Fsp3) is 0.611. The molecule has 1 aromatic rings. The van der Waals surface area contributed by atoms with Crippen LogP contribution in [0, 0.1) is 0 Å². The number of nitrogens with zero attached hydrogens (tertiary/aromatic N) is 1. The number of morpholine rings is 1. The zero-order chi connectivity index (χ0) is 17.4. The second kappa shape index (κ2) is 9.61. The molecule has 2 N–H and O–H groups in total. The zero-order valence-electron chi connectivity index (χ0n) is 15.0. The lowest BCUT2D eigenvalue weighted by atomic mass is 10.0. The molecule has 0 radical (unpaired) electrons. The van der Waals surface area contributed by atoms with Crippen molar-refractivity contribution < 1.29 is 19.2 Å². The Bertz CT molecular complexity index is 499. The number of ether oxygens (including phenoxy) is 2. The van der Waals surface area contributed by atoms with Crippen LogP contribution in [0.5, 0.6) is 0 Å². The summed E-state index contributed by atoms with van der Waals surface area (Å²) in [6.45, 7) is 6.65. The van der Waals surface area contributed by atoms with E-state index in [2.05, 4.69) is 34.5 Å². The highest BCUT2D eigenvalue weighted by molar-refractivity contribution is 5.77. The first-order chi connectivity index (χ1) is 11.6. The summed E-state index contributed by atoms with van der Waals surface area (Å²) in [5.74, 6) is -0.0561. The maximum Gasteiger partial charge on any atom is 0.246 e. The maximum atomic E-state index is 11.9. The van der Waals surface area contributed by atoms with Gasteiger partial charge in [0.1, 0.15) is 25.7 Å². The van der Waals surface area contributed by atoms with Crippen LogP contribution in [-0.4, -0.2) is 66.1 Å². The summed E-state index contributed by atoms with van der Waals surface area (Å²) in [5.41, 5.74) is 2.42. The third-order valence-electron chi connectivity index (χ3n) is 4.38. The molecule has 0 aromatic heterocycles. The van der Waals surface area contributed by atoms with Crippen molar-refractivity contribution in [1.82, 2.24) is 5.32 Å². The lowest BCUT2D eigenvalue weighted by molar-refractivity contribution is -0.937. The summed E-state index contributed by atoms with van der Waals surface area (Å²) in [6, 6.07) is 8.82. The molecule has 24 heavy (non-hydrogen) atoms. The molecule has 0 saturated carbocycles. The molecular weight excluding hydrogens is 306 g/mol. The molecule has 1 heterocycles. The van der Waals surface area contributed by atoms with E-state index < -0.39 is 0 Å². The first-order valence-electron chi connectivity index (χ1n) is 8.66. The summed E-state index contributed by atoms with van der Waals surface area (Å²) < 4.78 is 10.7. The quantitative estimate of drug-likeness (QED) is 0.694. The maximum absolute atomic E-state index is 11.9. The topological polar surface area (TPSA) is 55.2 Å². The fourth-order valence-electron chi connectivity index (χ4n) is 2.95. The van der Waals surface area contributed by atoms with Gasteiger partial charge >= 0.3 is 0 Å². The summed E-state index contributed by atoms with van der Waals surface area (Å²) in [4.78, 5) is 15.4. The molecule has 6 heteroatoms. The smallest absolute Gasteiger partial charge is 0.246 e. The average molecular weight is 336 g/mol. The van der Waals surface area contributed by atoms with E-state index in [1.165, 1.54) is 16.2 Å². The second-order valence-corrected chi connectivity index (χ2v) is 6.25. The van der Waals surface area contributed by atoms with E-state index in [0.717, 1.165) is 26.3 Å². The molecular formula is C18H30N3O3+. The summed E-state index contributed by atoms with van der Waals surface area (Å²) in [6.07, 6.45) is 0. The van der Waals surface area contributed by atoms with Gasteiger partial charge in [0.15, 0.2) is 0 Å². The van der Waals surface area contributed by atoms with Crippen molar-refractivity contribution in [2.75, 3.05) is 65.1 Å². The number of rotatable bonds is 8. The lowest BCUT2D eigenvalue weighted by Gasteiger charge is -2.32. The van der Waals surface area contributed by atoms with Crippen molar-refractivity contribution in [2.45, 2.75) is 13.0 Å². The minimum Gasteiger partial charge on any atom is -0.378 e. The first kappa shape index (κ1) is 18.7. The third kappa shape index (κ3) is 5.47. The molecule has 1 aromatic carbocycles. The average Bonchev–Trinajstić information content (AvgIpc) is 2.61. The van der Waals surface area contributed by atoms with Crippen LogP contribution >= 0.6 is 0 Å². The minimum absolute atomic E-state index is 0.0561. The summed E-state index contributed by atoms with van der Waals surface area (Å²) in [5, 5.41) is 3.01. The van der Waals surface area contributed by atoms with Crippen molar-refractivity contribution in [1.29, 1.82) is 0 Å². The van der Waals surface area contributed by atoms with Gasteiger partial charge in [0.05, 0.1) is 19.8 Å². The Kier molecular flexibility index (Phi) is 7.49. The Morgan fingerprint density at radius 3 is 2.54 bits per heavy atom. The standard InChI is InChI=1S/C18H29N3O3/c1-4-23-14-18(22)19-13-17(21-9-11-24-12-10-21)15-5-7-16(8-6-15)20(2)3/h5-8,17H,4,9-14H2,1-3H3,(H,19,22)/p+1/t17-/m0/s1. The van der Waals surface area contributed by atoms with E-state index >= 15 is 0 Å². The highest BCUT2D eigenvalue weighted by Crippen LogP contribution is 2.16. The van der Waals surface area contributed by atoms with Crippen molar-refractivity contribution in [3.05, 3.63) is 29.8 Å². The van der Waals surface area contributed by atoms with Crippen LogP contribution in [-0.2, 0) is 14.3 Å². The predicted molar refractivity (Wildman–Crippen MR) is 94.5 cm³/mol. The van der Waals surface area contributed by atoms with Crippen LogP contribution in [0.3, 0.4) is 0 Å². The summed E-state index contributed by atoms with van der Waals surface area (Å²) >= 11 is 0. The molecule has 0 bridgehead atoms. The molecule has 1 atom stereocenters. The van der Waals surface area contributed by atoms with Gasteiger partial charge in [0.25, 0.3) is 0 Å². The van der Waals surface area contributed by atoms with Crippen LogP contribution in [0.25, 0.3) is 0 Å². The third-order valence-corrected chi connectivity index (χ3v) is 4.38. The molecule has 1 aliphatic heterocycles. The molecule has 1 amide bonds. The van der Waals surface area contributed by atoms with E-state index in [0.29, 0.717) is 13.2 Å². The van der Waals surface area contributed by atoms with E-state index in [1.807, 2.05) is 21.0 Å². The zero-order valence-corrected chi connectivity index (χ0v) is 15.0. The molecule has 0 aliphatic carbocycles. The van der Waals surface area contributed by atoms with Crippen molar-refractivity contribution in [2.24, 2.45) is 0 Å². The monoisotopic (exact) mass is 336 g/mol. The number of carbonyl (C=O) groups is 1. The Morgan fingerprint density at radius 1 is 1.29 bits per heavy atom. The highest BCUT2D eigenvalue weighted by atomic mass is 16.5. The number of amides is 1. The van der Waals surface area contributed by atoms with E-state index in [-0.39, 0.29) is 18.6 Å². The largest absolute Gasteiger partial charge is 0.378 e. The Morgan fingerprint density at radius 2 is 1.96 bits per heavy atom. The Labute approximate surface area is 144 Å². The van der Waals surface area contributed by atoms with Crippen LogP contribution < -0.4 is 15.1 Å². The number of quaternary nitrogens is 1. The first-order valence-corrected chi connectivity index (χ1v) is 8.66. The molecule has 2 rings (SSSR count). The fourth-order valence-corrected chi connectivity index (χ4v) is 2.95. The Balaban J connectivity index is 2.05. The van der Waals surface area contributed by atoms with Crippen molar-refractivity contribution in [3.8, 4) is 0 Å². The number of hydrogen-bond acceptors (Lipinski definition) is 4. The van der Waals surface area contributed by atoms with Gasteiger partial charge in [-0.3, -0.25) is 4.79 Å². The van der Waals surface area contributed by atoms with Gasteiger partial charge in [-0.2, -0.15) is 0 Å². The SMILES string of the molecule is CCOCC(=O)NC[C@@H](c1ccc(N(C)C)cc1)[NH+]1CCOCC1. The van der Waals surface area contributed by atoms with Crippen LogP contribution in [0.2, 0.25) is 0 Å². The van der Waals surface area contributed by atoms with Crippen molar-refractivity contribution >= 4 is 11.6 Å². The van der Waals surface area contributed by atoms with Gasteiger partial charge < -0.3 is 24.6 Å². The van der Waals surface area contributed by atoms with Gasteiger partial charge in [-0.1, -0.05) is 12.1 Å². The highest BCUT2D eigenvalue weighted by Gasteiger charge is 2.26. The molecule has 0 unspecified atom stereocenters. The minimum atomic E-state index is -0.0561. The van der Waals surface area contributed by atoms with Crippen LogP contribution in [0.1, 0.15) is 18.5 Å². The normalized spacial score (nSPS) is 16.6. The molecule has 1 fully saturated rings. The Hall–Kier alpha value is -1.63. The number of carbonyl (C=O) groups excluding carboxylic acids is 1. The van der Waals surface area contributed by atoms with Gasteiger partial charge in [-0.05, 0) is 19.1 Å². The molecule has 1 saturated heterocycles. The number of anilines is 1. The van der Waals surface area contributed by atoms with Gasteiger partial charge in [-0.25, -0.2) is 0 Å². The van der Waals surface area contributed by atoms with Gasteiger partial charge in [0.2, 0.25) is 5.91 Å². The number of hydrogen-bond donors (Lipinski definition) is 2. The molecule has 6 nitrogen and oxygen atoms in total. The van der Waals surface area contributed by atoms with E-state index in [9.17, 15) is 4.79 Å². The number of nitrogens with one attached hydrogen (secondary N) is 2. The van der Waals surface area contributed by atoms with E-state index in [1.54, 1.807) is 0 Å². The number of benzene rings is 1. The lowest BCUT2D eigenvalue weighted by Crippen LogP contribution is -3.15. The van der Waals surface area contributed by atoms with Crippen LogP contribution in [0.4, 0.5) is 5.69 Å². The second-order valence-electron chi connectivity index (χ2n) is 6.25. The van der Waals surface area contributed by atoms with Gasteiger partial charge in [-0.15, -0.1) is 0 Å². The molecule has 1 aliphatic rings. The van der Waals surface area contributed by atoms with E-state index in [4.69, 9.17) is 9.47 Å². The van der Waals surface area contributed by atoms with Gasteiger partial charge in [0, 0.05) is 32.0 Å². The molecule has 134 valence electrons. The van der Waals surface area contributed by atoms with Crippen LogP contribution in [0.15, 0.2) is 24.3 Å². The molecule has 0 spiro atoms.